The van der Waals surface area contributed by atoms with Crippen molar-refractivity contribution in [3.05, 3.63) is 24.0 Å². The average Bonchev–Trinajstić information content (AvgIpc) is 2.80. The Kier molecular flexibility index (Phi) is 4.01. The minimum atomic E-state index is 0.549. The third kappa shape index (κ3) is 2.68. The van der Waals surface area contributed by atoms with Crippen molar-refractivity contribution >= 4 is 0 Å². The number of rotatable bonds is 5. The van der Waals surface area contributed by atoms with Gasteiger partial charge in [0.25, 0.3) is 0 Å². The van der Waals surface area contributed by atoms with Gasteiger partial charge in [-0.3, -0.25) is 0 Å². The Balaban J connectivity index is 2.46. The van der Waals surface area contributed by atoms with E-state index in [-0.39, 0.29) is 0 Å². The molecule has 0 radical (unpaired) electrons. The lowest BCUT2D eigenvalue weighted by molar-refractivity contribution is 0.394. The van der Waals surface area contributed by atoms with Gasteiger partial charge in [-0.15, -0.1) is 10.2 Å². The van der Waals surface area contributed by atoms with Crippen LogP contribution in [0.3, 0.4) is 0 Å². The molecule has 19 heavy (non-hydrogen) atoms. The largest absolute Gasteiger partial charge is 0.497 e. The van der Waals surface area contributed by atoms with Crippen molar-refractivity contribution in [1.82, 2.24) is 14.8 Å². The molecule has 0 amide bonds. The Bertz CT molecular complexity index is 544. The van der Waals surface area contributed by atoms with E-state index in [0.717, 1.165) is 28.7 Å². The summed E-state index contributed by atoms with van der Waals surface area (Å²) in [7, 11) is 5.16. The molecular formula is C13H18N4O2. The zero-order valence-corrected chi connectivity index (χ0v) is 11.4. The summed E-state index contributed by atoms with van der Waals surface area (Å²) in [6, 6.07) is 5.62. The fraction of sp³-hybridized carbons (Fsp3) is 0.385. The van der Waals surface area contributed by atoms with Crippen LogP contribution in [0.4, 0.5) is 0 Å². The van der Waals surface area contributed by atoms with Crippen LogP contribution in [0.25, 0.3) is 11.4 Å². The van der Waals surface area contributed by atoms with Crippen LogP contribution >= 0.6 is 0 Å². The van der Waals surface area contributed by atoms with Gasteiger partial charge in [0.2, 0.25) is 0 Å². The van der Waals surface area contributed by atoms with Crippen LogP contribution in [-0.4, -0.2) is 35.5 Å². The van der Waals surface area contributed by atoms with Crippen LogP contribution in [0.1, 0.15) is 5.82 Å². The predicted molar refractivity (Wildman–Crippen MR) is 72.3 cm³/mol. The lowest BCUT2D eigenvalue weighted by atomic mass is 10.2. The monoisotopic (exact) mass is 262 g/mol. The van der Waals surface area contributed by atoms with E-state index >= 15 is 0 Å². The topological polar surface area (TPSA) is 75.2 Å². The van der Waals surface area contributed by atoms with Gasteiger partial charge in [-0.1, -0.05) is 0 Å². The van der Waals surface area contributed by atoms with E-state index in [4.69, 9.17) is 15.2 Å². The maximum atomic E-state index is 5.55. The molecule has 0 unspecified atom stereocenters. The lowest BCUT2D eigenvalue weighted by Gasteiger charge is -2.08. The molecule has 0 fully saturated rings. The van der Waals surface area contributed by atoms with Crippen molar-refractivity contribution in [3.8, 4) is 22.9 Å². The molecular weight excluding hydrogens is 244 g/mol. The number of ether oxygens (including phenoxy) is 2. The third-order valence-electron chi connectivity index (χ3n) is 2.94. The van der Waals surface area contributed by atoms with E-state index in [9.17, 15) is 0 Å². The molecule has 0 aliphatic carbocycles. The summed E-state index contributed by atoms with van der Waals surface area (Å²) in [5.41, 5.74) is 6.45. The second kappa shape index (κ2) is 5.71. The minimum absolute atomic E-state index is 0.549. The van der Waals surface area contributed by atoms with Gasteiger partial charge >= 0.3 is 0 Å². The first-order valence-corrected chi connectivity index (χ1v) is 6.01. The number of hydrogen-bond donors (Lipinski definition) is 1. The number of methoxy groups -OCH3 is 2. The van der Waals surface area contributed by atoms with Crippen LogP contribution in [0.5, 0.6) is 11.5 Å². The first kappa shape index (κ1) is 13.4. The van der Waals surface area contributed by atoms with Crippen molar-refractivity contribution < 1.29 is 9.47 Å². The van der Waals surface area contributed by atoms with Crippen molar-refractivity contribution in [1.29, 1.82) is 0 Å². The second-order valence-corrected chi connectivity index (χ2v) is 4.14. The molecule has 0 saturated carbocycles. The van der Waals surface area contributed by atoms with Gasteiger partial charge in [0.1, 0.15) is 17.3 Å². The molecule has 2 N–H and O–H groups in total. The van der Waals surface area contributed by atoms with Gasteiger partial charge in [-0.25, -0.2) is 0 Å². The van der Waals surface area contributed by atoms with Gasteiger partial charge in [0.05, 0.1) is 14.2 Å². The Morgan fingerprint density at radius 2 is 1.74 bits per heavy atom. The molecule has 1 aromatic carbocycles. The summed E-state index contributed by atoms with van der Waals surface area (Å²) in [6.45, 7) is 0.549. The molecule has 1 heterocycles. The maximum absolute atomic E-state index is 5.55. The van der Waals surface area contributed by atoms with Crippen molar-refractivity contribution in [2.75, 3.05) is 20.8 Å². The zero-order valence-electron chi connectivity index (χ0n) is 11.4. The molecule has 0 saturated heterocycles. The predicted octanol–water partition coefficient (Wildman–Crippen LogP) is 1.00. The van der Waals surface area contributed by atoms with E-state index < -0.39 is 0 Å². The number of nitrogens with two attached hydrogens (primary N) is 1. The van der Waals surface area contributed by atoms with E-state index in [0.29, 0.717) is 13.0 Å². The minimum Gasteiger partial charge on any atom is -0.497 e. The van der Waals surface area contributed by atoms with Gasteiger partial charge in [0.15, 0.2) is 5.82 Å². The van der Waals surface area contributed by atoms with Gasteiger partial charge < -0.3 is 19.8 Å². The smallest absolute Gasteiger partial charge is 0.163 e. The summed E-state index contributed by atoms with van der Waals surface area (Å²) < 4.78 is 12.4. The molecule has 1 aromatic heterocycles. The summed E-state index contributed by atoms with van der Waals surface area (Å²) in [5, 5.41) is 8.35. The molecule has 102 valence electrons. The van der Waals surface area contributed by atoms with E-state index in [1.807, 2.05) is 29.8 Å². The summed E-state index contributed by atoms with van der Waals surface area (Å²) in [6.07, 6.45) is 0.699. The van der Waals surface area contributed by atoms with Gasteiger partial charge in [-0.2, -0.15) is 0 Å². The highest BCUT2D eigenvalue weighted by Gasteiger charge is 2.12. The van der Waals surface area contributed by atoms with E-state index in [1.165, 1.54) is 0 Å². The van der Waals surface area contributed by atoms with Crippen LogP contribution in [0.15, 0.2) is 18.2 Å². The molecule has 2 aromatic rings. The first-order chi connectivity index (χ1) is 9.19. The average molecular weight is 262 g/mol. The molecule has 0 aliphatic heterocycles. The zero-order chi connectivity index (χ0) is 13.8. The number of hydrogen-bond acceptors (Lipinski definition) is 5. The Labute approximate surface area is 112 Å². The molecule has 6 nitrogen and oxygen atoms in total. The van der Waals surface area contributed by atoms with Gasteiger partial charge in [-0.05, 0) is 18.7 Å². The highest BCUT2D eigenvalue weighted by Crippen LogP contribution is 2.28. The summed E-state index contributed by atoms with van der Waals surface area (Å²) >= 11 is 0. The molecule has 0 bridgehead atoms. The highest BCUT2D eigenvalue weighted by molar-refractivity contribution is 5.61. The highest BCUT2D eigenvalue weighted by atomic mass is 16.5. The number of nitrogens with zero attached hydrogens (tertiary/aromatic N) is 3. The molecule has 2 rings (SSSR count). The normalized spacial score (nSPS) is 10.5. The van der Waals surface area contributed by atoms with Crippen LogP contribution in [-0.2, 0) is 13.5 Å². The SMILES string of the molecule is COc1cc(OC)cc(-c2nnc(CCN)n2C)c1. The van der Waals surface area contributed by atoms with E-state index in [1.54, 1.807) is 14.2 Å². The Hall–Kier alpha value is -2.08. The van der Waals surface area contributed by atoms with E-state index in [2.05, 4.69) is 10.2 Å². The molecule has 6 heteroatoms. The molecule has 0 spiro atoms. The number of aromatic nitrogens is 3. The fourth-order valence-corrected chi connectivity index (χ4v) is 1.90. The maximum Gasteiger partial charge on any atom is 0.163 e. The molecule has 0 aliphatic rings. The number of benzene rings is 1. The summed E-state index contributed by atoms with van der Waals surface area (Å²) in [4.78, 5) is 0. The van der Waals surface area contributed by atoms with Crippen LogP contribution in [0.2, 0.25) is 0 Å². The second-order valence-electron chi connectivity index (χ2n) is 4.14. The van der Waals surface area contributed by atoms with Crippen molar-refractivity contribution in [2.24, 2.45) is 12.8 Å². The molecule has 0 atom stereocenters. The van der Waals surface area contributed by atoms with Crippen molar-refractivity contribution in [3.63, 3.8) is 0 Å². The first-order valence-electron chi connectivity index (χ1n) is 6.01. The van der Waals surface area contributed by atoms with Crippen molar-refractivity contribution in [2.45, 2.75) is 6.42 Å². The standard InChI is InChI=1S/C13H18N4O2/c1-17-12(4-5-14)15-16-13(17)9-6-10(18-2)8-11(7-9)19-3/h6-8H,4-5,14H2,1-3H3. The van der Waals surface area contributed by atoms with Crippen LogP contribution < -0.4 is 15.2 Å². The lowest BCUT2D eigenvalue weighted by Crippen LogP contribution is -2.08. The van der Waals surface area contributed by atoms with Gasteiger partial charge in [0, 0.05) is 25.1 Å². The quantitative estimate of drug-likeness (QED) is 0.870. The Morgan fingerprint density at radius 3 is 2.26 bits per heavy atom. The van der Waals surface area contributed by atoms with Crippen LogP contribution in [0, 0.1) is 0 Å². The summed E-state index contributed by atoms with van der Waals surface area (Å²) in [5.74, 6) is 3.07. The Morgan fingerprint density at radius 1 is 1.11 bits per heavy atom. The third-order valence-corrected chi connectivity index (χ3v) is 2.94. The fourth-order valence-electron chi connectivity index (χ4n) is 1.90.